The van der Waals surface area contributed by atoms with Gasteiger partial charge in [-0.15, -0.1) is 0 Å². The Morgan fingerprint density at radius 2 is 1.87 bits per heavy atom. The third-order valence-corrected chi connectivity index (χ3v) is 5.70. The van der Waals surface area contributed by atoms with Crippen LogP contribution >= 0.6 is 0 Å². The van der Waals surface area contributed by atoms with Crippen molar-refractivity contribution in [3.05, 3.63) is 59.2 Å². The summed E-state index contributed by atoms with van der Waals surface area (Å²) in [7, 11) is 0. The zero-order valence-electron chi connectivity index (χ0n) is 16.5. The first-order valence-corrected chi connectivity index (χ1v) is 10.00. The molecule has 2 aromatic rings. The van der Waals surface area contributed by atoms with Gasteiger partial charge >= 0.3 is 6.18 Å². The lowest BCUT2D eigenvalue weighted by atomic mass is 9.97. The molecule has 2 amide bonds. The van der Waals surface area contributed by atoms with Gasteiger partial charge in [0.25, 0.3) is 11.8 Å². The third kappa shape index (κ3) is 3.62. The molecule has 1 unspecified atom stereocenters. The molecule has 158 valence electrons. The quantitative estimate of drug-likeness (QED) is 0.784. The number of rotatable bonds is 3. The zero-order chi connectivity index (χ0) is 21.5. The maximum absolute atomic E-state index is 12.9. The molecule has 4 rings (SSSR count). The van der Waals surface area contributed by atoms with Crippen LogP contribution in [0.4, 0.5) is 24.5 Å². The monoisotopic (exact) mass is 417 g/mol. The van der Waals surface area contributed by atoms with Crippen LogP contribution in [-0.2, 0) is 6.18 Å². The summed E-state index contributed by atoms with van der Waals surface area (Å²) in [4.78, 5) is 29.6. The van der Waals surface area contributed by atoms with Crippen LogP contribution in [0.15, 0.2) is 42.5 Å². The summed E-state index contributed by atoms with van der Waals surface area (Å²) < 4.78 is 38.1. The highest BCUT2D eigenvalue weighted by atomic mass is 19.4. The van der Waals surface area contributed by atoms with Crippen molar-refractivity contribution in [2.24, 2.45) is 0 Å². The summed E-state index contributed by atoms with van der Waals surface area (Å²) in [5.41, 5.74) is 1.15. The first-order valence-electron chi connectivity index (χ1n) is 10.00. The predicted octanol–water partition coefficient (Wildman–Crippen LogP) is 4.75. The minimum atomic E-state index is -4.43. The van der Waals surface area contributed by atoms with Crippen LogP contribution in [0.2, 0.25) is 0 Å². The largest absolute Gasteiger partial charge is 0.416 e. The number of fused-ring (bicyclic) bond motifs is 2. The van der Waals surface area contributed by atoms with Crippen LogP contribution in [0, 0.1) is 0 Å². The van der Waals surface area contributed by atoms with E-state index < -0.39 is 17.6 Å². The number of anilines is 2. The normalized spacial score (nSPS) is 18.7. The fraction of sp³-hybridized carbons (Fsp3) is 0.364. The number of halogens is 3. The molecule has 0 aromatic heterocycles. The van der Waals surface area contributed by atoms with Crippen molar-refractivity contribution >= 4 is 23.2 Å². The molecule has 2 aliphatic rings. The van der Waals surface area contributed by atoms with E-state index in [0.29, 0.717) is 17.7 Å². The Bertz CT molecular complexity index is 973. The molecule has 2 heterocycles. The van der Waals surface area contributed by atoms with E-state index in [2.05, 4.69) is 10.2 Å². The number of benzene rings is 2. The minimum Gasteiger partial charge on any atom is -0.351 e. The van der Waals surface area contributed by atoms with Crippen LogP contribution in [0.3, 0.4) is 0 Å². The van der Waals surface area contributed by atoms with Gasteiger partial charge in [-0.2, -0.15) is 13.2 Å². The number of carbonyl (C=O) groups is 2. The van der Waals surface area contributed by atoms with Gasteiger partial charge < -0.3 is 15.1 Å². The van der Waals surface area contributed by atoms with E-state index in [1.807, 2.05) is 11.8 Å². The maximum atomic E-state index is 12.9. The van der Waals surface area contributed by atoms with Gasteiger partial charge in [0.05, 0.1) is 16.8 Å². The van der Waals surface area contributed by atoms with Gasteiger partial charge in [-0.3, -0.25) is 9.59 Å². The molecule has 1 N–H and O–H groups in total. The molecular weight excluding hydrogens is 395 g/mol. The summed E-state index contributed by atoms with van der Waals surface area (Å²) in [6, 6.07) is 9.24. The van der Waals surface area contributed by atoms with E-state index in [1.54, 1.807) is 18.2 Å². The lowest BCUT2D eigenvalue weighted by Gasteiger charge is -2.47. The molecule has 0 aliphatic carbocycles. The van der Waals surface area contributed by atoms with Gasteiger partial charge in [0.2, 0.25) is 0 Å². The molecule has 0 saturated carbocycles. The van der Waals surface area contributed by atoms with E-state index in [-0.39, 0.29) is 17.8 Å². The number of carbonyl (C=O) groups excluding carboxylic acids is 2. The Kier molecular flexibility index (Phi) is 5.17. The van der Waals surface area contributed by atoms with E-state index in [0.717, 1.165) is 43.6 Å². The van der Waals surface area contributed by atoms with Gasteiger partial charge in [0.1, 0.15) is 6.17 Å². The lowest BCUT2D eigenvalue weighted by Crippen LogP contribution is -2.57. The number of hydrogen-bond donors (Lipinski definition) is 1. The fourth-order valence-corrected chi connectivity index (χ4v) is 4.21. The van der Waals surface area contributed by atoms with Crippen molar-refractivity contribution in [1.82, 2.24) is 4.90 Å². The molecule has 8 heteroatoms. The maximum Gasteiger partial charge on any atom is 0.416 e. The summed E-state index contributed by atoms with van der Waals surface area (Å²) in [5.74, 6) is -0.457. The second-order valence-electron chi connectivity index (χ2n) is 7.52. The second kappa shape index (κ2) is 7.66. The van der Waals surface area contributed by atoms with Crippen molar-refractivity contribution in [3.63, 3.8) is 0 Å². The van der Waals surface area contributed by atoms with E-state index in [1.165, 1.54) is 12.1 Å². The molecule has 1 fully saturated rings. The van der Waals surface area contributed by atoms with Gasteiger partial charge in [-0.25, -0.2) is 0 Å². The van der Waals surface area contributed by atoms with Crippen molar-refractivity contribution in [1.29, 1.82) is 0 Å². The number of nitrogens with zero attached hydrogens (tertiary/aromatic N) is 2. The highest BCUT2D eigenvalue weighted by molar-refractivity contribution is 6.08. The number of alkyl halides is 3. The van der Waals surface area contributed by atoms with Gasteiger partial charge in [-0.05, 0) is 68.7 Å². The minimum absolute atomic E-state index is 0.00280. The highest BCUT2D eigenvalue weighted by Gasteiger charge is 2.38. The van der Waals surface area contributed by atoms with Crippen LogP contribution in [0.1, 0.15) is 52.5 Å². The Balaban J connectivity index is 1.59. The second-order valence-corrected chi connectivity index (χ2v) is 7.52. The number of hydrogen-bond acceptors (Lipinski definition) is 3. The Labute approximate surface area is 172 Å². The lowest BCUT2D eigenvalue weighted by molar-refractivity contribution is -0.137. The first kappa shape index (κ1) is 20.3. The van der Waals surface area contributed by atoms with Crippen LogP contribution in [0.25, 0.3) is 0 Å². The Morgan fingerprint density at radius 1 is 1.13 bits per heavy atom. The van der Waals surface area contributed by atoms with E-state index in [9.17, 15) is 22.8 Å². The smallest absolute Gasteiger partial charge is 0.351 e. The first-order chi connectivity index (χ1) is 14.3. The van der Waals surface area contributed by atoms with Crippen molar-refractivity contribution < 1.29 is 22.8 Å². The van der Waals surface area contributed by atoms with Gasteiger partial charge in [0.15, 0.2) is 0 Å². The zero-order valence-corrected chi connectivity index (χ0v) is 16.5. The molecular formula is C22H22F3N3O2. The molecule has 30 heavy (non-hydrogen) atoms. The van der Waals surface area contributed by atoms with Crippen LogP contribution in [0.5, 0.6) is 0 Å². The molecule has 2 aromatic carbocycles. The molecule has 0 radical (unpaired) electrons. The average molecular weight is 417 g/mol. The van der Waals surface area contributed by atoms with E-state index >= 15 is 0 Å². The molecule has 1 saturated heterocycles. The Hall–Kier alpha value is -3.03. The summed E-state index contributed by atoms with van der Waals surface area (Å²) in [6.07, 6.45) is -1.50. The van der Waals surface area contributed by atoms with Crippen molar-refractivity contribution in [3.8, 4) is 0 Å². The highest BCUT2D eigenvalue weighted by Crippen LogP contribution is 2.36. The summed E-state index contributed by atoms with van der Waals surface area (Å²) in [5, 5.41) is 2.62. The molecule has 0 bridgehead atoms. The molecule has 0 spiro atoms. The predicted molar refractivity (Wildman–Crippen MR) is 108 cm³/mol. The fourth-order valence-electron chi connectivity index (χ4n) is 4.21. The summed E-state index contributed by atoms with van der Waals surface area (Å²) in [6.45, 7) is 3.45. The molecule has 5 nitrogen and oxygen atoms in total. The number of piperidine rings is 1. The number of nitrogens with one attached hydrogen (secondary N) is 1. The standard InChI is InChI=1S/C22H22F3N3O2/c1-2-27-18-13-14(6-11-17(18)21(30)28-12-4-3-5-19(27)28)20(29)26-16-9-7-15(8-10-16)22(23,24)25/h6-11,13,19H,2-5,12H2,1H3,(H,26,29). The van der Waals surface area contributed by atoms with Crippen LogP contribution in [-0.4, -0.2) is 36.0 Å². The summed E-state index contributed by atoms with van der Waals surface area (Å²) >= 11 is 0. The molecule has 1 atom stereocenters. The van der Waals surface area contributed by atoms with Crippen molar-refractivity contribution in [2.75, 3.05) is 23.3 Å². The van der Waals surface area contributed by atoms with Gasteiger partial charge in [0, 0.05) is 24.3 Å². The van der Waals surface area contributed by atoms with Crippen molar-refractivity contribution in [2.45, 2.75) is 38.5 Å². The molecule has 2 aliphatic heterocycles. The Morgan fingerprint density at radius 3 is 2.53 bits per heavy atom. The number of amides is 2. The van der Waals surface area contributed by atoms with Crippen LogP contribution < -0.4 is 10.2 Å². The van der Waals surface area contributed by atoms with Gasteiger partial charge in [-0.1, -0.05) is 0 Å². The van der Waals surface area contributed by atoms with E-state index in [4.69, 9.17) is 0 Å². The average Bonchev–Trinajstić information content (AvgIpc) is 2.73. The SMILES string of the molecule is CCN1c2cc(C(=O)Nc3ccc(C(F)(F)F)cc3)ccc2C(=O)N2CCCCC21. The third-order valence-electron chi connectivity index (χ3n) is 5.70. The topological polar surface area (TPSA) is 52.7 Å².